The van der Waals surface area contributed by atoms with Gasteiger partial charge in [-0.1, -0.05) is 22.9 Å². The van der Waals surface area contributed by atoms with Crippen LogP contribution in [0.4, 0.5) is 10.5 Å². The largest absolute Gasteiger partial charge is 0.481 e. The molecule has 3 N–H and O–H groups in total. The highest BCUT2D eigenvalue weighted by molar-refractivity contribution is 9.11. The maximum absolute atomic E-state index is 11.7. The van der Waals surface area contributed by atoms with Gasteiger partial charge in [-0.05, 0) is 44.0 Å². The Labute approximate surface area is 135 Å². The number of urea groups is 1. The molecule has 1 aromatic rings. The van der Waals surface area contributed by atoms with E-state index in [1.807, 2.05) is 0 Å². The van der Waals surface area contributed by atoms with Gasteiger partial charge in [0.15, 0.2) is 0 Å². The van der Waals surface area contributed by atoms with E-state index in [1.54, 1.807) is 12.1 Å². The molecule has 1 unspecified atom stereocenters. The number of aliphatic carboxylic acids is 1. The molecule has 0 aromatic heterocycles. The quantitative estimate of drug-likeness (QED) is 0.642. The van der Waals surface area contributed by atoms with Crippen molar-refractivity contribution in [2.75, 3.05) is 11.9 Å². The summed E-state index contributed by atoms with van der Waals surface area (Å²) in [5.41, 5.74) is 0.573. The summed E-state index contributed by atoms with van der Waals surface area (Å²) in [6.45, 7) is 1.58. The van der Waals surface area contributed by atoms with Crippen LogP contribution >= 0.6 is 47.8 Å². The van der Waals surface area contributed by atoms with Crippen LogP contribution in [0.15, 0.2) is 25.6 Å². The first kappa shape index (κ1) is 16.5. The van der Waals surface area contributed by atoms with Gasteiger partial charge in [-0.2, -0.15) is 0 Å². The number of carbonyl (C=O) groups excluding carboxylic acids is 1. The zero-order valence-electron chi connectivity index (χ0n) is 9.84. The Bertz CT molecular complexity index is 485. The van der Waals surface area contributed by atoms with Crippen molar-refractivity contribution < 1.29 is 14.7 Å². The van der Waals surface area contributed by atoms with E-state index in [4.69, 9.17) is 5.11 Å². The Morgan fingerprint density at radius 1 is 1.26 bits per heavy atom. The zero-order valence-corrected chi connectivity index (χ0v) is 14.6. The molecule has 104 valence electrons. The average Bonchev–Trinajstić information content (AvgIpc) is 2.30. The minimum Gasteiger partial charge on any atom is -0.481 e. The molecule has 0 fully saturated rings. The summed E-state index contributed by atoms with van der Waals surface area (Å²) in [7, 11) is 0. The number of anilines is 1. The molecule has 0 aliphatic carbocycles. The normalized spacial score (nSPS) is 11.8. The minimum absolute atomic E-state index is 0.0624. The maximum atomic E-state index is 11.7. The fourth-order valence-electron chi connectivity index (χ4n) is 1.15. The van der Waals surface area contributed by atoms with Gasteiger partial charge in [0.2, 0.25) is 0 Å². The van der Waals surface area contributed by atoms with E-state index >= 15 is 0 Å². The summed E-state index contributed by atoms with van der Waals surface area (Å²) in [5, 5.41) is 13.9. The number of amides is 2. The Balaban J connectivity index is 2.65. The summed E-state index contributed by atoms with van der Waals surface area (Å²) in [6, 6.07) is 3.12. The number of carboxylic acid groups (broad SMARTS) is 1. The van der Waals surface area contributed by atoms with Crippen molar-refractivity contribution in [1.29, 1.82) is 0 Å². The van der Waals surface area contributed by atoms with Crippen LogP contribution < -0.4 is 10.6 Å². The molecule has 0 saturated carbocycles. The highest BCUT2D eigenvalue weighted by Gasteiger charge is 2.14. The molecule has 5 nitrogen and oxygen atoms in total. The lowest BCUT2D eigenvalue weighted by atomic mass is 10.2. The molecule has 0 radical (unpaired) electrons. The number of nitrogens with one attached hydrogen (secondary N) is 2. The topological polar surface area (TPSA) is 78.4 Å². The van der Waals surface area contributed by atoms with Crippen molar-refractivity contribution in [2.45, 2.75) is 6.92 Å². The van der Waals surface area contributed by atoms with Crippen molar-refractivity contribution in [3.05, 3.63) is 25.6 Å². The molecule has 0 aliphatic rings. The van der Waals surface area contributed by atoms with Gasteiger partial charge < -0.3 is 15.7 Å². The van der Waals surface area contributed by atoms with Gasteiger partial charge in [0.1, 0.15) is 0 Å². The molecule has 19 heavy (non-hydrogen) atoms. The number of rotatable bonds is 4. The van der Waals surface area contributed by atoms with Gasteiger partial charge >= 0.3 is 12.0 Å². The summed E-state index contributed by atoms with van der Waals surface area (Å²) in [6.07, 6.45) is 0. The molecule has 1 rings (SSSR count). The molecule has 0 aliphatic heterocycles. The number of benzene rings is 1. The van der Waals surface area contributed by atoms with Crippen molar-refractivity contribution in [1.82, 2.24) is 5.32 Å². The summed E-state index contributed by atoms with van der Waals surface area (Å²) >= 11 is 9.99. The molecular formula is C11H11Br3N2O3. The minimum atomic E-state index is -0.952. The molecule has 0 heterocycles. The predicted molar refractivity (Wildman–Crippen MR) is 83.4 cm³/mol. The highest BCUT2D eigenvalue weighted by atomic mass is 79.9. The van der Waals surface area contributed by atoms with Gasteiger partial charge in [-0.15, -0.1) is 0 Å². The molecule has 1 aromatic carbocycles. The monoisotopic (exact) mass is 456 g/mol. The standard InChI is InChI=1S/C11H11Br3N2O3/c1-5(10(17)18)4-15-11(19)16-9-7(13)2-6(12)3-8(9)14/h2-3,5H,4H2,1H3,(H,17,18)(H2,15,16,19). The number of halogens is 3. The lowest BCUT2D eigenvalue weighted by Crippen LogP contribution is -2.34. The summed E-state index contributed by atoms with van der Waals surface area (Å²) in [4.78, 5) is 22.3. The Hall–Kier alpha value is -0.600. The van der Waals surface area contributed by atoms with Crippen LogP contribution in [0.1, 0.15) is 6.92 Å². The van der Waals surface area contributed by atoms with E-state index in [0.29, 0.717) is 14.6 Å². The second kappa shape index (κ2) is 7.25. The van der Waals surface area contributed by atoms with Crippen molar-refractivity contribution in [2.24, 2.45) is 5.92 Å². The third-order valence-electron chi connectivity index (χ3n) is 2.24. The van der Waals surface area contributed by atoms with E-state index in [-0.39, 0.29) is 6.54 Å². The van der Waals surface area contributed by atoms with Gasteiger partial charge in [-0.25, -0.2) is 4.79 Å². The number of carbonyl (C=O) groups is 2. The second-order valence-corrected chi connectivity index (χ2v) is 6.44. The van der Waals surface area contributed by atoms with E-state index in [0.717, 1.165) is 4.47 Å². The van der Waals surface area contributed by atoms with Crippen LogP contribution in [0, 0.1) is 5.92 Å². The third kappa shape index (κ3) is 5.12. The Morgan fingerprint density at radius 3 is 2.26 bits per heavy atom. The lowest BCUT2D eigenvalue weighted by molar-refractivity contribution is -0.140. The Morgan fingerprint density at radius 2 is 1.79 bits per heavy atom. The summed E-state index contributed by atoms with van der Waals surface area (Å²) in [5.74, 6) is -1.59. The maximum Gasteiger partial charge on any atom is 0.319 e. The SMILES string of the molecule is CC(CNC(=O)Nc1c(Br)cc(Br)cc1Br)C(=O)O. The molecule has 0 spiro atoms. The molecular weight excluding hydrogens is 448 g/mol. The van der Waals surface area contributed by atoms with Crippen LogP contribution in [0.2, 0.25) is 0 Å². The Kier molecular flexibility index (Phi) is 6.28. The molecule has 8 heteroatoms. The van der Waals surface area contributed by atoms with Crippen LogP contribution in [0.25, 0.3) is 0 Å². The fourth-order valence-corrected chi connectivity index (χ4v) is 3.61. The number of carboxylic acids is 1. The highest BCUT2D eigenvalue weighted by Crippen LogP contribution is 2.34. The van der Waals surface area contributed by atoms with E-state index in [2.05, 4.69) is 58.4 Å². The zero-order chi connectivity index (χ0) is 14.6. The first-order valence-corrected chi connectivity index (χ1v) is 7.61. The van der Waals surface area contributed by atoms with E-state index in [9.17, 15) is 9.59 Å². The first-order valence-electron chi connectivity index (χ1n) is 5.23. The number of hydrogen-bond donors (Lipinski definition) is 3. The summed E-state index contributed by atoms with van der Waals surface area (Å²) < 4.78 is 2.27. The van der Waals surface area contributed by atoms with Gasteiger partial charge in [-0.3, -0.25) is 4.79 Å². The van der Waals surface area contributed by atoms with E-state index in [1.165, 1.54) is 6.92 Å². The van der Waals surface area contributed by atoms with Crippen LogP contribution in [0.5, 0.6) is 0 Å². The second-order valence-electron chi connectivity index (χ2n) is 3.82. The fraction of sp³-hybridized carbons (Fsp3) is 0.273. The molecule has 1 atom stereocenters. The van der Waals surface area contributed by atoms with Crippen molar-refractivity contribution >= 4 is 65.5 Å². The third-order valence-corrected chi connectivity index (χ3v) is 3.94. The van der Waals surface area contributed by atoms with E-state index < -0.39 is 17.9 Å². The van der Waals surface area contributed by atoms with Gasteiger partial charge in [0.25, 0.3) is 0 Å². The van der Waals surface area contributed by atoms with Gasteiger partial charge in [0, 0.05) is 20.0 Å². The molecule has 0 bridgehead atoms. The van der Waals surface area contributed by atoms with Gasteiger partial charge in [0.05, 0.1) is 11.6 Å². The van der Waals surface area contributed by atoms with Crippen LogP contribution in [-0.4, -0.2) is 23.7 Å². The first-order chi connectivity index (χ1) is 8.81. The predicted octanol–water partition coefficient (Wildman–Crippen LogP) is 3.82. The van der Waals surface area contributed by atoms with Crippen LogP contribution in [0.3, 0.4) is 0 Å². The molecule has 2 amide bonds. The van der Waals surface area contributed by atoms with Crippen LogP contribution in [-0.2, 0) is 4.79 Å². The number of hydrogen-bond acceptors (Lipinski definition) is 2. The average molecular weight is 459 g/mol. The lowest BCUT2D eigenvalue weighted by Gasteiger charge is -2.12. The van der Waals surface area contributed by atoms with Crippen molar-refractivity contribution in [3.8, 4) is 0 Å². The van der Waals surface area contributed by atoms with Crippen molar-refractivity contribution in [3.63, 3.8) is 0 Å². The molecule has 0 saturated heterocycles. The smallest absolute Gasteiger partial charge is 0.319 e.